The smallest absolute Gasteiger partial charge is 0.235 e. The van der Waals surface area contributed by atoms with Crippen LogP contribution in [0.3, 0.4) is 0 Å². The molecule has 0 saturated heterocycles. The van der Waals surface area contributed by atoms with Gasteiger partial charge in [-0.15, -0.1) is 5.10 Å². The van der Waals surface area contributed by atoms with Crippen LogP contribution >= 0.6 is 0 Å². The summed E-state index contributed by atoms with van der Waals surface area (Å²) in [7, 11) is 2.37. The van der Waals surface area contributed by atoms with Crippen molar-refractivity contribution in [3.8, 4) is 22.7 Å². The summed E-state index contributed by atoms with van der Waals surface area (Å²) in [5.41, 5.74) is 4.17. The number of hydrogen-bond donors (Lipinski definition) is 2. The summed E-state index contributed by atoms with van der Waals surface area (Å²) >= 11 is 0. The van der Waals surface area contributed by atoms with Crippen LogP contribution in [-0.2, 0) is 10.0 Å². The Kier molecular flexibility index (Phi) is 6.08. The number of benzene rings is 1. The number of ether oxygens (including phenoxy) is 1. The van der Waals surface area contributed by atoms with Gasteiger partial charge in [-0.2, -0.15) is 5.10 Å². The summed E-state index contributed by atoms with van der Waals surface area (Å²) in [5, 5.41) is 13.6. The molecule has 0 amide bonds. The lowest BCUT2D eigenvalue weighted by Gasteiger charge is -2.40. The molecule has 1 aromatic carbocycles. The lowest BCUT2D eigenvalue weighted by atomic mass is 9.86. The Morgan fingerprint density at radius 1 is 1.10 bits per heavy atom. The maximum atomic E-state index is 12.5. The molecule has 4 heterocycles. The SMILES string of the molecule is COc1cc(NS(=O)(=O)C2CC2)ccc1-n1nc(NC2CC(N(C)C)C2)c2cnc(-c3cnn4cccnc34)cc21. The molecule has 2 saturated carbocycles. The first-order valence-corrected chi connectivity index (χ1v) is 15.2. The zero-order valence-electron chi connectivity index (χ0n) is 23.0. The van der Waals surface area contributed by atoms with Crippen molar-refractivity contribution in [1.82, 2.24) is 34.3 Å². The Labute approximate surface area is 237 Å². The second-order valence-electron chi connectivity index (χ2n) is 11.0. The van der Waals surface area contributed by atoms with Gasteiger partial charge in [0, 0.05) is 36.7 Å². The fraction of sp³-hybridized carbons (Fsp3) is 0.357. The van der Waals surface area contributed by atoms with Gasteiger partial charge in [-0.25, -0.2) is 22.6 Å². The Bertz CT molecular complexity index is 1870. The quantitative estimate of drug-likeness (QED) is 0.272. The second kappa shape index (κ2) is 9.70. The maximum Gasteiger partial charge on any atom is 0.235 e. The number of pyridine rings is 1. The second-order valence-corrected chi connectivity index (χ2v) is 12.9. The normalized spacial score (nSPS) is 19.0. The minimum atomic E-state index is -3.41. The van der Waals surface area contributed by atoms with E-state index in [1.54, 1.807) is 36.2 Å². The highest BCUT2D eigenvalue weighted by Crippen LogP contribution is 2.37. The molecule has 0 aliphatic heterocycles. The maximum absolute atomic E-state index is 12.5. The number of fused-ring (bicyclic) bond motifs is 2. The van der Waals surface area contributed by atoms with E-state index in [0.29, 0.717) is 53.4 Å². The first kappa shape index (κ1) is 25.7. The number of methoxy groups -OCH3 is 1. The van der Waals surface area contributed by atoms with Crippen LogP contribution in [0.5, 0.6) is 5.75 Å². The topological polar surface area (TPSA) is 132 Å². The van der Waals surface area contributed by atoms with Gasteiger partial charge in [0.25, 0.3) is 0 Å². The molecule has 2 fully saturated rings. The molecule has 2 aliphatic carbocycles. The van der Waals surface area contributed by atoms with Gasteiger partial charge in [-0.3, -0.25) is 9.71 Å². The van der Waals surface area contributed by atoms with Crippen molar-refractivity contribution >= 4 is 38.1 Å². The minimum Gasteiger partial charge on any atom is -0.494 e. The van der Waals surface area contributed by atoms with Crippen LogP contribution < -0.4 is 14.8 Å². The van der Waals surface area contributed by atoms with Crippen molar-refractivity contribution in [3.63, 3.8) is 0 Å². The molecule has 7 rings (SSSR count). The van der Waals surface area contributed by atoms with Gasteiger partial charge < -0.3 is 15.0 Å². The Balaban J connectivity index is 1.32. The average Bonchev–Trinajstić information content (AvgIpc) is 3.64. The van der Waals surface area contributed by atoms with Gasteiger partial charge in [0.15, 0.2) is 11.5 Å². The van der Waals surface area contributed by atoms with Crippen LogP contribution in [0.4, 0.5) is 11.5 Å². The highest BCUT2D eigenvalue weighted by Gasteiger charge is 2.36. The molecule has 0 radical (unpaired) electrons. The summed E-state index contributed by atoms with van der Waals surface area (Å²) < 4.78 is 37.1. The Hall–Kier alpha value is -4.23. The van der Waals surface area contributed by atoms with Crippen LogP contribution in [0, 0.1) is 0 Å². The van der Waals surface area contributed by atoms with Crippen LogP contribution in [-0.4, -0.2) is 81.2 Å². The molecule has 12 nitrogen and oxygen atoms in total. The zero-order valence-corrected chi connectivity index (χ0v) is 23.8. The molecule has 0 spiro atoms. The number of anilines is 2. The first-order valence-electron chi connectivity index (χ1n) is 13.6. The van der Waals surface area contributed by atoms with Crippen LogP contribution in [0.15, 0.2) is 55.1 Å². The van der Waals surface area contributed by atoms with Gasteiger partial charge in [-0.1, -0.05) is 0 Å². The van der Waals surface area contributed by atoms with Crippen molar-refractivity contribution in [2.75, 3.05) is 31.2 Å². The monoisotopic (exact) mass is 573 g/mol. The third-order valence-corrected chi connectivity index (χ3v) is 9.81. The van der Waals surface area contributed by atoms with Gasteiger partial charge in [0.05, 0.1) is 46.4 Å². The molecule has 0 bridgehead atoms. The van der Waals surface area contributed by atoms with E-state index in [2.05, 4.69) is 39.1 Å². The molecule has 4 aromatic heterocycles. The predicted octanol–water partition coefficient (Wildman–Crippen LogP) is 3.55. The number of nitrogens with zero attached hydrogens (tertiary/aromatic N) is 7. The molecular weight excluding hydrogens is 542 g/mol. The largest absolute Gasteiger partial charge is 0.494 e. The van der Waals surface area contributed by atoms with Crippen molar-refractivity contribution in [2.45, 2.75) is 43.0 Å². The molecule has 13 heteroatoms. The van der Waals surface area contributed by atoms with E-state index in [9.17, 15) is 8.42 Å². The molecule has 212 valence electrons. The van der Waals surface area contributed by atoms with Crippen molar-refractivity contribution < 1.29 is 13.2 Å². The summed E-state index contributed by atoms with van der Waals surface area (Å²) in [6.07, 6.45) is 10.6. The Morgan fingerprint density at radius 3 is 2.68 bits per heavy atom. The lowest BCUT2D eigenvalue weighted by Crippen LogP contribution is -2.47. The molecule has 41 heavy (non-hydrogen) atoms. The van der Waals surface area contributed by atoms with E-state index in [0.717, 1.165) is 35.1 Å². The van der Waals surface area contributed by atoms with E-state index in [-0.39, 0.29) is 5.25 Å². The van der Waals surface area contributed by atoms with Gasteiger partial charge in [-0.05, 0) is 64.0 Å². The van der Waals surface area contributed by atoms with Crippen molar-refractivity contribution in [1.29, 1.82) is 0 Å². The zero-order chi connectivity index (χ0) is 28.3. The van der Waals surface area contributed by atoms with Gasteiger partial charge in [0.1, 0.15) is 11.4 Å². The molecular formula is C28H31N9O3S. The van der Waals surface area contributed by atoms with Gasteiger partial charge >= 0.3 is 0 Å². The molecule has 5 aromatic rings. The number of nitrogens with one attached hydrogen (secondary N) is 2. The highest BCUT2D eigenvalue weighted by atomic mass is 32.2. The van der Waals surface area contributed by atoms with E-state index in [1.165, 1.54) is 0 Å². The van der Waals surface area contributed by atoms with E-state index >= 15 is 0 Å². The van der Waals surface area contributed by atoms with Crippen molar-refractivity contribution in [3.05, 3.63) is 55.1 Å². The molecule has 2 aliphatic rings. The summed E-state index contributed by atoms with van der Waals surface area (Å²) in [6, 6.07) is 9.91. The van der Waals surface area contributed by atoms with E-state index in [4.69, 9.17) is 14.8 Å². The number of hydrogen-bond acceptors (Lipinski definition) is 9. The number of rotatable bonds is 9. The average molecular weight is 574 g/mol. The summed E-state index contributed by atoms with van der Waals surface area (Å²) in [4.78, 5) is 11.5. The molecule has 0 unspecified atom stereocenters. The third-order valence-electron chi connectivity index (χ3n) is 7.94. The van der Waals surface area contributed by atoms with Crippen molar-refractivity contribution in [2.24, 2.45) is 0 Å². The summed E-state index contributed by atoms with van der Waals surface area (Å²) in [5.74, 6) is 1.23. The fourth-order valence-corrected chi connectivity index (χ4v) is 6.70. The number of aromatic nitrogens is 6. The van der Waals surface area contributed by atoms with Crippen LogP contribution in [0.1, 0.15) is 25.7 Å². The molecule has 2 N–H and O–H groups in total. The fourth-order valence-electron chi connectivity index (χ4n) is 5.32. The first-order chi connectivity index (χ1) is 19.8. The third kappa shape index (κ3) is 4.64. The number of sulfonamides is 1. The minimum absolute atomic E-state index is 0.304. The Morgan fingerprint density at radius 2 is 1.93 bits per heavy atom. The molecule has 0 atom stereocenters. The predicted molar refractivity (Wildman–Crippen MR) is 157 cm³/mol. The van der Waals surface area contributed by atoms with Crippen LogP contribution in [0.2, 0.25) is 0 Å². The van der Waals surface area contributed by atoms with Crippen LogP contribution in [0.25, 0.3) is 33.5 Å². The highest BCUT2D eigenvalue weighted by molar-refractivity contribution is 7.93. The van der Waals surface area contributed by atoms with E-state index < -0.39 is 10.0 Å². The summed E-state index contributed by atoms with van der Waals surface area (Å²) in [6.45, 7) is 0. The standard InChI is InChI=1S/C28H31N9O3S/c1-35(2)19-11-18(12-19)32-27-22-15-30-23(21-16-31-36-10-4-9-29-28(21)36)14-25(22)37(33-27)24-8-5-17(13-26(24)40-3)34-41(38,39)20-6-7-20/h4-5,8-10,13-16,18-20,34H,6-7,11-12H2,1-3H3,(H,32,33). The lowest BCUT2D eigenvalue weighted by molar-refractivity contribution is 0.177. The van der Waals surface area contributed by atoms with E-state index in [1.807, 2.05) is 35.3 Å². The van der Waals surface area contributed by atoms with Gasteiger partial charge in [0.2, 0.25) is 10.0 Å².